The number of carbonyl (C=O) groups excluding carboxylic acids is 1. The van der Waals surface area contributed by atoms with Gasteiger partial charge in [0.25, 0.3) is 0 Å². The number of carbonyl (C=O) groups is 2. The highest BCUT2D eigenvalue weighted by molar-refractivity contribution is 7.00. The molecule has 182 valence electrons. The van der Waals surface area contributed by atoms with E-state index in [0.717, 1.165) is 11.7 Å². The number of methoxy groups -OCH3 is 2. The zero-order chi connectivity index (χ0) is 25.2. The summed E-state index contributed by atoms with van der Waals surface area (Å²) in [6.07, 6.45) is 0.0304. The van der Waals surface area contributed by atoms with E-state index in [2.05, 4.69) is 8.75 Å². The van der Waals surface area contributed by atoms with Crippen molar-refractivity contribution in [3.63, 3.8) is 0 Å². The van der Waals surface area contributed by atoms with Crippen molar-refractivity contribution < 1.29 is 33.6 Å². The minimum Gasteiger partial charge on any atom is -0.493 e. The van der Waals surface area contributed by atoms with Crippen molar-refractivity contribution in [3.05, 3.63) is 76.9 Å². The van der Waals surface area contributed by atoms with Crippen LogP contribution in [0.15, 0.2) is 60.2 Å². The van der Waals surface area contributed by atoms with Crippen molar-refractivity contribution >= 4 is 40.1 Å². The summed E-state index contributed by atoms with van der Waals surface area (Å²) in [5.41, 5.74) is 2.48. The molecular formula is C26H20N2O7S. The number of hydrogen-bond donors (Lipinski definition) is 1. The summed E-state index contributed by atoms with van der Waals surface area (Å²) in [4.78, 5) is 26.5. The number of carboxylic acids is 1. The molecule has 0 fully saturated rings. The van der Waals surface area contributed by atoms with Gasteiger partial charge in [0.2, 0.25) is 6.79 Å². The Morgan fingerprint density at radius 2 is 1.64 bits per heavy atom. The number of rotatable bonds is 8. The minimum atomic E-state index is -1.23. The fourth-order valence-corrected chi connectivity index (χ4v) is 4.57. The maximum atomic E-state index is 13.9. The number of ether oxygens (including phenoxy) is 4. The molecule has 1 aliphatic heterocycles. The molecule has 0 radical (unpaired) electrons. The number of aliphatic carboxylic acids is 1. The van der Waals surface area contributed by atoms with Crippen molar-refractivity contribution in [1.29, 1.82) is 0 Å². The van der Waals surface area contributed by atoms with E-state index in [1.807, 2.05) is 0 Å². The van der Waals surface area contributed by atoms with Gasteiger partial charge in [-0.05, 0) is 53.6 Å². The van der Waals surface area contributed by atoms with Crippen LogP contribution >= 0.6 is 11.7 Å². The third-order valence-corrected chi connectivity index (χ3v) is 6.35. The molecule has 4 aromatic rings. The number of allylic oxidation sites excluding steroid dienone is 1. The van der Waals surface area contributed by atoms with E-state index in [0.29, 0.717) is 45.2 Å². The van der Waals surface area contributed by atoms with Crippen LogP contribution < -0.4 is 18.9 Å². The SMILES string of the molecule is COc1ccc(C/C(C(=O)c2ccc3c(c2)OCO3)=C(\C(=O)O)c2ccc3nsnc3c2)cc1OC. The molecule has 10 heteroatoms. The first kappa shape index (κ1) is 23.3. The fourth-order valence-electron chi connectivity index (χ4n) is 4.05. The number of carboxylic acid groups (broad SMARTS) is 1. The number of benzene rings is 3. The summed E-state index contributed by atoms with van der Waals surface area (Å²) in [6, 6.07) is 14.9. The Hall–Kier alpha value is -4.44. The highest BCUT2D eigenvalue weighted by Gasteiger charge is 2.26. The predicted molar refractivity (Wildman–Crippen MR) is 132 cm³/mol. The van der Waals surface area contributed by atoms with Crippen LogP contribution in [0.2, 0.25) is 0 Å². The summed E-state index contributed by atoms with van der Waals surface area (Å²) in [6.45, 7) is 0.0589. The fraction of sp³-hybridized carbons (Fsp3) is 0.154. The van der Waals surface area contributed by atoms with Gasteiger partial charge < -0.3 is 24.1 Å². The number of Topliss-reactive ketones (excluding diaryl/α,β-unsaturated/α-hetero) is 1. The molecule has 3 aromatic carbocycles. The highest BCUT2D eigenvalue weighted by Crippen LogP contribution is 2.35. The number of fused-ring (bicyclic) bond motifs is 2. The second-order valence-electron chi connectivity index (χ2n) is 7.89. The zero-order valence-corrected chi connectivity index (χ0v) is 20.1. The molecule has 36 heavy (non-hydrogen) atoms. The summed E-state index contributed by atoms with van der Waals surface area (Å²) < 4.78 is 29.9. The molecule has 0 amide bonds. The van der Waals surface area contributed by atoms with Gasteiger partial charge in [0.1, 0.15) is 11.0 Å². The van der Waals surface area contributed by atoms with Crippen LogP contribution in [-0.2, 0) is 11.2 Å². The summed E-state index contributed by atoms with van der Waals surface area (Å²) in [7, 11) is 3.04. The maximum Gasteiger partial charge on any atom is 0.336 e. The molecule has 5 rings (SSSR count). The summed E-state index contributed by atoms with van der Waals surface area (Å²) in [5, 5.41) is 10.3. The molecule has 9 nitrogen and oxygen atoms in total. The van der Waals surface area contributed by atoms with E-state index >= 15 is 0 Å². The van der Waals surface area contributed by atoms with Gasteiger partial charge in [-0.25, -0.2) is 4.79 Å². The van der Waals surface area contributed by atoms with Crippen LogP contribution in [0.4, 0.5) is 0 Å². The van der Waals surface area contributed by atoms with E-state index in [1.165, 1.54) is 14.2 Å². The molecule has 0 unspecified atom stereocenters. The third kappa shape index (κ3) is 4.34. The molecule has 0 saturated carbocycles. The lowest BCUT2D eigenvalue weighted by Gasteiger charge is -2.15. The molecule has 0 atom stereocenters. The van der Waals surface area contributed by atoms with E-state index in [9.17, 15) is 14.7 Å². The maximum absolute atomic E-state index is 13.9. The highest BCUT2D eigenvalue weighted by atomic mass is 32.1. The van der Waals surface area contributed by atoms with Crippen LogP contribution in [0.25, 0.3) is 16.6 Å². The topological polar surface area (TPSA) is 117 Å². The van der Waals surface area contributed by atoms with E-state index in [1.54, 1.807) is 54.6 Å². The van der Waals surface area contributed by atoms with Crippen molar-refractivity contribution in [2.75, 3.05) is 21.0 Å². The number of aromatic nitrogens is 2. The lowest BCUT2D eigenvalue weighted by Crippen LogP contribution is -2.14. The van der Waals surface area contributed by atoms with Gasteiger partial charge in [-0.3, -0.25) is 4.79 Å². The van der Waals surface area contributed by atoms with Gasteiger partial charge in [-0.1, -0.05) is 12.1 Å². The molecular weight excluding hydrogens is 484 g/mol. The van der Waals surface area contributed by atoms with E-state index < -0.39 is 11.8 Å². The second-order valence-corrected chi connectivity index (χ2v) is 8.42. The first-order valence-electron chi connectivity index (χ1n) is 10.8. The molecule has 0 saturated heterocycles. The van der Waals surface area contributed by atoms with Gasteiger partial charge in [0.15, 0.2) is 28.8 Å². The molecule has 1 aromatic heterocycles. The van der Waals surface area contributed by atoms with Crippen LogP contribution in [0.1, 0.15) is 21.5 Å². The standard InChI is InChI=1S/C26H20N2O7S/c1-32-20-7-3-14(10-22(20)33-2)9-17(25(29)16-5-8-21-23(12-16)35-13-34-21)24(26(30)31)15-4-6-18-19(11-15)28-36-27-18/h3-8,10-12H,9,13H2,1-2H3,(H,30,31)/b24-17+. The van der Waals surface area contributed by atoms with Gasteiger partial charge >= 0.3 is 5.97 Å². The van der Waals surface area contributed by atoms with Crippen molar-refractivity contribution in [2.24, 2.45) is 0 Å². The first-order valence-corrected chi connectivity index (χ1v) is 11.6. The van der Waals surface area contributed by atoms with Crippen LogP contribution in [0, 0.1) is 0 Å². The molecule has 0 bridgehead atoms. The minimum absolute atomic E-state index is 0.0304. The second kappa shape index (κ2) is 9.67. The Kier molecular flexibility index (Phi) is 6.26. The molecule has 0 aliphatic carbocycles. The van der Waals surface area contributed by atoms with Crippen molar-refractivity contribution in [2.45, 2.75) is 6.42 Å². The Bertz CT molecular complexity index is 1530. The van der Waals surface area contributed by atoms with Gasteiger partial charge in [-0.15, -0.1) is 0 Å². The molecule has 1 aliphatic rings. The zero-order valence-electron chi connectivity index (χ0n) is 19.3. The number of hydrogen-bond acceptors (Lipinski definition) is 9. The van der Waals surface area contributed by atoms with E-state index in [4.69, 9.17) is 18.9 Å². The Labute approximate surface area is 209 Å². The average molecular weight is 505 g/mol. The van der Waals surface area contributed by atoms with Crippen LogP contribution in [0.5, 0.6) is 23.0 Å². The van der Waals surface area contributed by atoms with Crippen molar-refractivity contribution in [3.8, 4) is 23.0 Å². The Morgan fingerprint density at radius 3 is 2.42 bits per heavy atom. The van der Waals surface area contributed by atoms with E-state index in [-0.39, 0.29) is 29.9 Å². The largest absolute Gasteiger partial charge is 0.493 e. The monoisotopic (exact) mass is 504 g/mol. The lowest BCUT2D eigenvalue weighted by molar-refractivity contribution is -0.130. The average Bonchev–Trinajstić information content (AvgIpc) is 3.56. The van der Waals surface area contributed by atoms with Crippen molar-refractivity contribution in [1.82, 2.24) is 8.75 Å². The first-order chi connectivity index (χ1) is 17.5. The van der Waals surface area contributed by atoms with Gasteiger partial charge in [-0.2, -0.15) is 8.75 Å². The molecule has 2 heterocycles. The third-order valence-electron chi connectivity index (χ3n) is 5.80. The number of nitrogens with zero attached hydrogens (tertiary/aromatic N) is 2. The summed E-state index contributed by atoms with van der Waals surface area (Å²) in [5.74, 6) is 0.264. The van der Waals surface area contributed by atoms with Crippen LogP contribution in [0.3, 0.4) is 0 Å². The predicted octanol–water partition coefficient (Wildman–Crippen LogP) is 4.40. The lowest BCUT2D eigenvalue weighted by atomic mass is 9.89. The quantitative estimate of drug-likeness (QED) is 0.275. The van der Waals surface area contributed by atoms with Gasteiger partial charge in [0.05, 0.1) is 31.5 Å². The van der Waals surface area contributed by atoms with Gasteiger partial charge in [0, 0.05) is 17.6 Å². The number of ketones is 1. The molecule has 0 spiro atoms. The summed E-state index contributed by atoms with van der Waals surface area (Å²) >= 11 is 1.03. The Morgan fingerprint density at radius 1 is 0.889 bits per heavy atom. The molecule has 1 N–H and O–H groups in total. The Balaban J connectivity index is 1.67. The normalized spacial score (nSPS) is 12.8. The van der Waals surface area contributed by atoms with Crippen LogP contribution in [-0.4, -0.2) is 46.6 Å². The smallest absolute Gasteiger partial charge is 0.336 e.